The minimum Gasteiger partial charge on any atom is -0.373 e. The standard InChI is InChI=1S/C14H24N2OS/c1-14(2)12-16(8-9-17-14)7-6-15-5-3-13-4-10-18-11-13/h4,10-11,15H,3,5-9,12H2,1-2H3. The molecule has 0 radical (unpaired) electrons. The van der Waals surface area contributed by atoms with Crippen molar-refractivity contribution in [1.82, 2.24) is 10.2 Å². The van der Waals surface area contributed by atoms with Crippen molar-refractivity contribution in [3.63, 3.8) is 0 Å². The molecule has 1 aromatic rings. The smallest absolute Gasteiger partial charge is 0.0753 e. The third-order valence-corrected chi connectivity index (χ3v) is 4.01. The van der Waals surface area contributed by atoms with E-state index >= 15 is 0 Å². The number of thiophene rings is 1. The fraction of sp³-hybridized carbons (Fsp3) is 0.714. The van der Waals surface area contributed by atoms with Crippen LogP contribution in [0.2, 0.25) is 0 Å². The zero-order valence-corrected chi connectivity index (χ0v) is 12.3. The predicted octanol–water partition coefficient (Wildman–Crippen LogP) is 1.99. The summed E-state index contributed by atoms with van der Waals surface area (Å²) in [7, 11) is 0. The molecule has 0 amide bonds. The Kier molecular flexibility index (Phi) is 5.18. The van der Waals surface area contributed by atoms with Gasteiger partial charge in [-0.3, -0.25) is 4.90 Å². The lowest BCUT2D eigenvalue weighted by Gasteiger charge is -2.38. The van der Waals surface area contributed by atoms with Crippen molar-refractivity contribution in [3.05, 3.63) is 22.4 Å². The molecule has 2 rings (SSSR count). The normalized spacial score (nSPS) is 20.1. The molecule has 4 heteroatoms. The molecule has 1 aliphatic rings. The molecule has 0 spiro atoms. The lowest BCUT2D eigenvalue weighted by molar-refractivity contribution is -0.0854. The zero-order chi connectivity index (χ0) is 12.8. The van der Waals surface area contributed by atoms with Crippen molar-refractivity contribution in [1.29, 1.82) is 0 Å². The summed E-state index contributed by atoms with van der Waals surface area (Å²) in [6.07, 6.45) is 1.14. The van der Waals surface area contributed by atoms with Gasteiger partial charge in [0.1, 0.15) is 0 Å². The van der Waals surface area contributed by atoms with E-state index in [-0.39, 0.29) is 5.60 Å². The van der Waals surface area contributed by atoms with Crippen LogP contribution in [-0.2, 0) is 11.2 Å². The second kappa shape index (κ2) is 6.66. The number of hydrogen-bond acceptors (Lipinski definition) is 4. The quantitative estimate of drug-likeness (QED) is 0.799. The highest BCUT2D eigenvalue weighted by Gasteiger charge is 2.26. The molecule has 0 unspecified atom stereocenters. The van der Waals surface area contributed by atoms with E-state index in [0.29, 0.717) is 0 Å². The minimum atomic E-state index is 0.0227. The Morgan fingerprint density at radius 1 is 1.44 bits per heavy atom. The fourth-order valence-corrected chi connectivity index (χ4v) is 3.04. The molecule has 0 saturated carbocycles. The van der Waals surface area contributed by atoms with E-state index in [1.807, 2.05) is 0 Å². The number of rotatable bonds is 6. The average molecular weight is 268 g/mol. The van der Waals surface area contributed by atoms with Gasteiger partial charge >= 0.3 is 0 Å². The van der Waals surface area contributed by atoms with E-state index in [1.165, 1.54) is 5.56 Å². The predicted molar refractivity (Wildman–Crippen MR) is 77.4 cm³/mol. The average Bonchev–Trinajstić information content (AvgIpc) is 2.80. The number of ether oxygens (including phenoxy) is 1. The molecule has 1 N–H and O–H groups in total. The Morgan fingerprint density at radius 2 is 2.33 bits per heavy atom. The molecular formula is C14H24N2OS. The van der Waals surface area contributed by atoms with Crippen LogP contribution in [0.4, 0.5) is 0 Å². The van der Waals surface area contributed by atoms with Gasteiger partial charge in [0.25, 0.3) is 0 Å². The maximum absolute atomic E-state index is 5.71. The largest absolute Gasteiger partial charge is 0.373 e. The number of nitrogens with zero attached hydrogens (tertiary/aromatic N) is 1. The maximum atomic E-state index is 5.71. The molecule has 1 saturated heterocycles. The first kappa shape index (κ1) is 14.0. The van der Waals surface area contributed by atoms with E-state index in [4.69, 9.17) is 4.74 Å². The van der Waals surface area contributed by atoms with Gasteiger partial charge in [-0.15, -0.1) is 0 Å². The number of nitrogens with one attached hydrogen (secondary N) is 1. The molecule has 0 bridgehead atoms. The van der Waals surface area contributed by atoms with Crippen LogP contribution in [0.3, 0.4) is 0 Å². The lowest BCUT2D eigenvalue weighted by atomic mass is 10.1. The van der Waals surface area contributed by atoms with Crippen molar-refractivity contribution < 1.29 is 4.74 Å². The van der Waals surface area contributed by atoms with Crippen LogP contribution in [0.25, 0.3) is 0 Å². The highest BCUT2D eigenvalue weighted by atomic mass is 32.1. The van der Waals surface area contributed by atoms with Crippen LogP contribution >= 0.6 is 11.3 Å². The number of morpholine rings is 1. The van der Waals surface area contributed by atoms with Gasteiger partial charge in [0.05, 0.1) is 12.2 Å². The summed E-state index contributed by atoms with van der Waals surface area (Å²) in [5, 5.41) is 7.89. The van der Waals surface area contributed by atoms with Crippen LogP contribution in [0.15, 0.2) is 16.8 Å². The summed E-state index contributed by atoms with van der Waals surface area (Å²) in [5.41, 5.74) is 1.47. The topological polar surface area (TPSA) is 24.5 Å². The van der Waals surface area contributed by atoms with Gasteiger partial charge in [-0.1, -0.05) is 0 Å². The Bertz CT molecular complexity index is 338. The van der Waals surface area contributed by atoms with Gasteiger partial charge in [-0.2, -0.15) is 11.3 Å². The molecule has 1 fully saturated rings. The Labute approximate surface area is 114 Å². The van der Waals surface area contributed by atoms with Crippen LogP contribution in [-0.4, -0.2) is 49.8 Å². The highest BCUT2D eigenvalue weighted by Crippen LogP contribution is 2.15. The molecule has 0 atom stereocenters. The van der Waals surface area contributed by atoms with E-state index in [1.54, 1.807) is 11.3 Å². The van der Waals surface area contributed by atoms with Gasteiger partial charge in [0.2, 0.25) is 0 Å². The second-order valence-electron chi connectivity index (χ2n) is 5.52. The Hall–Kier alpha value is -0.420. The molecule has 1 aliphatic heterocycles. The summed E-state index contributed by atoms with van der Waals surface area (Å²) in [5.74, 6) is 0. The molecule has 18 heavy (non-hydrogen) atoms. The van der Waals surface area contributed by atoms with Crippen LogP contribution in [0.5, 0.6) is 0 Å². The van der Waals surface area contributed by atoms with Gasteiger partial charge in [-0.25, -0.2) is 0 Å². The molecule has 3 nitrogen and oxygen atoms in total. The Morgan fingerprint density at radius 3 is 3.06 bits per heavy atom. The zero-order valence-electron chi connectivity index (χ0n) is 11.4. The first-order valence-corrected chi connectivity index (χ1v) is 7.68. The van der Waals surface area contributed by atoms with Gasteiger partial charge in [-0.05, 0) is 49.2 Å². The van der Waals surface area contributed by atoms with Crippen LogP contribution in [0, 0.1) is 0 Å². The van der Waals surface area contributed by atoms with E-state index < -0.39 is 0 Å². The Balaban J connectivity index is 1.55. The molecule has 1 aromatic heterocycles. The molecule has 0 aliphatic carbocycles. The summed E-state index contributed by atoms with van der Waals surface area (Å²) in [6.45, 7) is 10.6. The summed E-state index contributed by atoms with van der Waals surface area (Å²) in [6, 6.07) is 2.21. The van der Waals surface area contributed by atoms with Crippen LogP contribution < -0.4 is 5.32 Å². The first-order chi connectivity index (χ1) is 8.66. The summed E-state index contributed by atoms with van der Waals surface area (Å²) >= 11 is 1.78. The summed E-state index contributed by atoms with van der Waals surface area (Å²) in [4.78, 5) is 2.49. The monoisotopic (exact) mass is 268 g/mol. The second-order valence-corrected chi connectivity index (χ2v) is 6.30. The minimum absolute atomic E-state index is 0.0227. The summed E-state index contributed by atoms with van der Waals surface area (Å²) < 4.78 is 5.71. The van der Waals surface area contributed by atoms with Gasteiger partial charge in [0.15, 0.2) is 0 Å². The third kappa shape index (κ3) is 4.69. The number of hydrogen-bond donors (Lipinski definition) is 1. The SMILES string of the molecule is CC1(C)CN(CCNCCc2ccsc2)CCO1. The fourth-order valence-electron chi connectivity index (χ4n) is 2.33. The highest BCUT2D eigenvalue weighted by molar-refractivity contribution is 7.07. The molecule has 2 heterocycles. The molecular weight excluding hydrogens is 244 g/mol. The third-order valence-electron chi connectivity index (χ3n) is 3.28. The molecule has 0 aromatic carbocycles. The van der Waals surface area contributed by atoms with Gasteiger partial charge < -0.3 is 10.1 Å². The lowest BCUT2D eigenvalue weighted by Crippen LogP contribution is -2.49. The van der Waals surface area contributed by atoms with Crippen molar-refractivity contribution >= 4 is 11.3 Å². The van der Waals surface area contributed by atoms with Crippen molar-refractivity contribution in [2.24, 2.45) is 0 Å². The first-order valence-electron chi connectivity index (χ1n) is 6.74. The van der Waals surface area contributed by atoms with Crippen molar-refractivity contribution in [2.45, 2.75) is 25.9 Å². The van der Waals surface area contributed by atoms with Crippen molar-refractivity contribution in [2.75, 3.05) is 39.3 Å². The van der Waals surface area contributed by atoms with Crippen molar-refractivity contribution in [3.8, 4) is 0 Å². The van der Waals surface area contributed by atoms with E-state index in [0.717, 1.165) is 45.8 Å². The van der Waals surface area contributed by atoms with E-state index in [9.17, 15) is 0 Å². The maximum Gasteiger partial charge on any atom is 0.0753 e. The van der Waals surface area contributed by atoms with Crippen LogP contribution in [0.1, 0.15) is 19.4 Å². The van der Waals surface area contributed by atoms with Gasteiger partial charge in [0, 0.05) is 26.2 Å². The van der Waals surface area contributed by atoms with E-state index in [2.05, 4.69) is 40.9 Å². The molecule has 102 valence electrons.